The predicted molar refractivity (Wildman–Crippen MR) is 132 cm³/mol. The van der Waals surface area contributed by atoms with Gasteiger partial charge in [-0.3, -0.25) is 14.3 Å². The molecule has 1 N–H and O–H groups in total. The first kappa shape index (κ1) is 24.3. The number of hydrogen-bond donors (Lipinski definition) is 1. The quantitative estimate of drug-likeness (QED) is 0.695. The van der Waals surface area contributed by atoms with Crippen molar-refractivity contribution in [2.75, 3.05) is 30.9 Å². The zero-order valence-corrected chi connectivity index (χ0v) is 20.5. The SMILES string of the molecule is Cc1ccc(NS(=O)(=O)c2ccc(C(=O)N3CCC(C(=O)N4CCCCCC4)CC3)cc2)cc1. The summed E-state index contributed by atoms with van der Waals surface area (Å²) in [5.74, 6) is 0.100. The van der Waals surface area contributed by atoms with Crippen molar-refractivity contribution in [2.24, 2.45) is 5.92 Å². The van der Waals surface area contributed by atoms with Gasteiger partial charge in [0.2, 0.25) is 5.91 Å². The Morgan fingerprint density at radius 1 is 0.794 bits per heavy atom. The topological polar surface area (TPSA) is 86.8 Å². The van der Waals surface area contributed by atoms with Crippen LogP contribution in [-0.2, 0) is 14.8 Å². The van der Waals surface area contributed by atoms with Crippen molar-refractivity contribution in [2.45, 2.75) is 50.3 Å². The van der Waals surface area contributed by atoms with E-state index >= 15 is 0 Å². The van der Waals surface area contributed by atoms with Crippen molar-refractivity contribution < 1.29 is 18.0 Å². The molecular weight excluding hydrogens is 450 g/mol. The van der Waals surface area contributed by atoms with Gasteiger partial charge in [-0.2, -0.15) is 0 Å². The van der Waals surface area contributed by atoms with Crippen LogP contribution in [0.5, 0.6) is 0 Å². The van der Waals surface area contributed by atoms with Crippen LogP contribution < -0.4 is 4.72 Å². The molecule has 7 nitrogen and oxygen atoms in total. The lowest BCUT2D eigenvalue weighted by molar-refractivity contribution is -0.136. The summed E-state index contributed by atoms with van der Waals surface area (Å²) >= 11 is 0. The lowest BCUT2D eigenvalue weighted by Gasteiger charge is -2.34. The number of carbonyl (C=O) groups is 2. The minimum Gasteiger partial charge on any atom is -0.342 e. The number of benzene rings is 2. The third kappa shape index (κ3) is 5.78. The Bertz CT molecular complexity index is 1100. The van der Waals surface area contributed by atoms with Gasteiger partial charge in [0.25, 0.3) is 15.9 Å². The Kier molecular flexibility index (Phi) is 7.56. The van der Waals surface area contributed by atoms with Gasteiger partial charge >= 0.3 is 0 Å². The fourth-order valence-electron chi connectivity index (χ4n) is 4.67. The second-order valence-electron chi connectivity index (χ2n) is 9.30. The maximum Gasteiger partial charge on any atom is 0.261 e. The van der Waals surface area contributed by atoms with E-state index in [2.05, 4.69) is 4.72 Å². The molecule has 0 radical (unpaired) electrons. The van der Waals surface area contributed by atoms with E-state index in [4.69, 9.17) is 0 Å². The average Bonchev–Trinajstić information content (AvgIpc) is 3.14. The zero-order valence-electron chi connectivity index (χ0n) is 19.7. The molecule has 4 rings (SSSR count). The molecule has 0 bridgehead atoms. The highest BCUT2D eigenvalue weighted by atomic mass is 32.2. The van der Waals surface area contributed by atoms with Gasteiger partial charge in [0, 0.05) is 43.3 Å². The number of likely N-dealkylation sites (tertiary alicyclic amines) is 2. The molecule has 0 aromatic heterocycles. The van der Waals surface area contributed by atoms with E-state index < -0.39 is 10.0 Å². The fraction of sp³-hybridized carbons (Fsp3) is 0.462. The van der Waals surface area contributed by atoms with Crippen molar-refractivity contribution in [3.8, 4) is 0 Å². The van der Waals surface area contributed by atoms with Crippen molar-refractivity contribution in [1.82, 2.24) is 9.80 Å². The molecule has 0 spiro atoms. The Morgan fingerprint density at radius 2 is 1.38 bits per heavy atom. The van der Waals surface area contributed by atoms with E-state index in [-0.39, 0.29) is 22.6 Å². The fourth-order valence-corrected chi connectivity index (χ4v) is 5.73. The van der Waals surface area contributed by atoms with E-state index in [0.29, 0.717) is 37.2 Å². The number of rotatable bonds is 5. The smallest absolute Gasteiger partial charge is 0.261 e. The Labute approximate surface area is 202 Å². The molecule has 0 unspecified atom stereocenters. The van der Waals surface area contributed by atoms with E-state index in [0.717, 1.165) is 31.5 Å². The summed E-state index contributed by atoms with van der Waals surface area (Å²) < 4.78 is 27.9. The summed E-state index contributed by atoms with van der Waals surface area (Å²) in [7, 11) is -3.74. The number of nitrogens with zero attached hydrogens (tertiary/aromatic N) is 2. The molecule has 0 aliphatic carbocycles. The van der Waals surface area contributed by atoms with Gasteiger partial charge in [-0.25, -0.2) is 8.42 Å². The first-order valence-corrected chi connectivity index (χ1v) is 13.6. The number of aryl methyl sites for hydroxylation is 1. The summed E-state index contributed by atoms with van der Waals surface area (Å²) in [5, 5.41) is 0. The molecule has 2 amide bonds. The standard InChI is InChI=1S/C26H33N3O4S/c1-20-6-10-23(11-7-20)27-34(32,33)24-12-8-21(9-13-24)25(30)29-18-14-22(15-19-29)26(31)28-16-4-2-3-5-17-28/h6-13,22,27H,2-5,14-19H2,1H3. The third-order valence-electron chi connectivity index (χ3n) is 6.76. The Hall–Kier alpha value is -2.87. The lowest BCUT2D eigenvalue weighted by Crippen LogP contribution is -2.44. The van der Waals surface area contributed by atoms with Gasteiger partial charge < -0.3 is 9.80 Å². The molecule has 0 saturated carbocycles. The molecule has 8 heteroatoms. The third-order valence-corrected chi connectivity index (χ3v) is 8.16. The highest BCUT2D eigenvalue weighted by Gasteiger charge is 2.31. The molecule has 2 aromatic carbocycles. The minimum absolute atomic E-state index is 0.0116. The highest BCUT2D eigenvalue weighted by Crippen LogP contribution is 2.24. The van der Waals surface area contributed by atoms with Gasteiger partial charge in [-0.1, -0.05) is 30.5 Å². The first-order chi connectivity index (χ1) is 16.3. The van der Waals surface area contributed by atoms with Gasteiger partial charge in [0.1, 0.15) is 0 Å². The van der Waals surface area contributed by atoms with Crippen LogP contribution in [0.25, 0.3) is 0 Å². The molecule has 2 fully saturated rings. The number of sulfonamides is 1. The van der Waals surface area contributed by atoms with Gasteiger partial charge in [-0.15, -0.1) is 0 Å². The number of carbonyl (C=O) groups excluding carboxylic acids is 2. The zero-order chi connectivity index (χ0) is 24.1. The van der Waals surface area contributed by atoms with E-state index in [1.54, 1.807) is 29.2 Å². The Balaban J connectivity index is 1.34. The van der Waals surface area contributed by atoms with Crippen molar-refractivity contribution >= 4 is 27.5 Å². The van der Waals surface area contributed by atoms with Gasteiger partial charge in [-0.05, 0) is 69.0 Å². The van der Waals surface area contributed by atoms with Crippen molar-refractivity contribution in [3.05, 3.63) is 59.7 Å². The van der Waals surface area contributed by atoms with Crippen LogP contribution in [0.3, 0.4) is 0 Å². The van der Waals surface area contributed by atoms with Gasteiger partial charge in [0.05, 0.1) is 4.90 Å². The van der Waals surface area contributed by atoms with E-state index in [1.807, 2.05) is 24.0 Å². The van der Waals surface area contributed by atoms with E-state index in [1.165, 1.54) is 25.0 Å². The second-order valence-corrected chi connectivity index (χ2v) is 11.0. The number of amides is 2. The van der Waals surface area contributed by atoms with Crippen LogP contribution in [0.15, 0.2) is 53.4 Å². The van der Waals surface area contributed by atoms with Crippen molar-refractivity contribution in [3.63, 3.8) is 0 Å². The van der Waals surface area contributed by atoms with Crippen LogP contribution in [0.1, 0.15) is 54.4 Å². The molecule has 2 aromatic rings. The largest absolute Gasteiger partial charge is 0.342 e. The van der Waals surface area contributed by atoms with Gasteiger partial charge in [0.15, 0.2) is 0 Å². The summed E-state index contributed by atoms with van der Waals surface area (Å²) in [6, 6.07) is 13.1. The van der Waals surface area contributed by atoms with Crippen LogP contribution in [0.2, 0.25) is 0 Å². The summed E-state index contributed by atoms with van der Waals surface area (Å²) in [4.78, 5) is 29.7. The minimum atomic E-state index is -3.74. The molecule has 182 valence electrons. The first-order valence-electron chi connectivity index (χ1n) is 12.1. The molecule has 2 heterocycles. The average molecular weight is 484 g/mol. The monoisotopic (exact) mass is 483 g/mol. The van der Waals surface area contributed by atoms with Crippen LogP contribution >= 0.6 is 0 Å². The van der Waals surface area contributed by atoms with Crippen LogP contribution in [-0.4, -0.2) is 56.2 Å². The number of hydrogen-bond acceptors (Lipinski definition) is 4. The molecule has 34 heavy (non-hydrogen) atoms. The summed E-state index contributed by atoms with van der Waals surface area (Å²) in [6.45, 7) is 4.72. The number of nitrogens with one attached hydrogen (secondary N) is 1. The molecule has 2 aliphatic rings. The van der Waals surface area contributed by atoms with Crippen LogP contribution in [0.4, 0.5) is 5.69 Å². The molecule has 2 aliphatic heterocycles. The summed E-state index contributed by atoms with van der Waals surface area (Å²) in [6.07, 6.45) is 5.89. The number of anilines is 1. The Morgan fingerprint density at radius 3 is 1.97 bits per heavy atom. The van der Waals surface area contributed by atoms with Crippen molar-refractivity contribution in [1.29, 1.82) is 0 Å². The van der Waals surface area contributed by atoms with Crippen LogP contribution in [0, 0.1) is 12.8 Å². The maximum absolute atomic E-state index is 13.0. The number of piperidine rings is 1. The molecular formula is C26H33N3O4S. The highest BCUT2D eigenvalue weighted by molar-refractivity contribution is 7.92. The predicted octanol–water partition coefficient (Wildman–Crippen LogP) is 4.05. The molecule has 0 atom stereocenters. The second kappa shape index (κ2) is 10.6. The maximum atomic E-state index is 13.0. The molecule has 2 saturated heterocycles. The summed E-state index contributed by atoms with van der Waals surface area (Å²) in [5.41, 5.74) is 1.98. The van der Waals surface area contributed by atoms with E-state index in [9.17, 15) is 18.0 Å². The lowest BCUT2D eigenvalue weighted by atomic mass is 9.94. The normalized spacial score (nSPS) is 17.8.